The Kier molecular flexibility index (Phi) is 5.24. The van der Waals surface area contributed by atoms with E-state index in [0.717, 1.165) is 48.7 Å². The maximum Gasteiger partial charge on any atom is 0.241 e. The Balaban J connectivity index is 1.67. The first-order valence-corrected chi connectivity index (χ1v) is 12.2. The van der Waals surface area contributed by atoms with Crippen LogP contribution in [0.2, 0.25) is 0 Å². The van der Waals surface area contributed by atoms with E-state index in [9.17, 15) is 18.8 Å². The van der Waals surface area contributed by atoms with Crippen molar-refractivity contribution < 1.29 is 13.5 Å². The van der Waals surface area contributed by atoms with E-state index < -0.39 is 16.1 Å². The fourth-order valence-corrected chi connectivity index (χ4v) is 5.64. The number of rotatable bonds is 5. The van der Waals surface area contributed by atoms with Crippen LogP contribution in [-0.4, -0.2) is 63.9 Å². The molecular weight excluding hydrogens is 404 g/mol. The monoisotopic (exact) mass is 432 g/mol. The van der Waals surface area contributed by atoms with Crippen molar-refractivity contribution in [3.63, 3.8) is 0 Å². The van der Waals surface area contributed by atoms with Crippen LogP contribution in [-0.2, 0) is 15.4 Å². The Hall–Kier alpha value is -2.22. The molecule has 0 radical (unpaired) electrons. The van der Waals surface area contributed by atoms with Gasteiger partial charge in [-0.1, -0.05) is 13.3 Å². The lowest BCUT2D eigenvalue weighted by molar-refractivity contribution is 0.0950. The first kappa shape index (κ1) is 21.0. The van der Waals surface area contributed by atoms with Gasteiger partial charge >= 0.3 is 0 Å². The molecule has 2 aromatic rings. The van der Waals surface area contributed by atoms with Crippen molar-refractivity contribution in [1.82, 2.24) is 18.9 Å². The molecule has 9 nitrogen and oxygen atoms in total. The molecule has 162 valence electrons. The van der Waals surface area contributed by atoms with Crippen LogP contribution in [0.3, 0.4) is 0 Å². The van der Waals surface area contributed by atoms with E-state index in [1.54, 1.807) is 6.20 Å². The minimum atomic E-state index is -3.33. The van der Waals surface area contributed by atoms with Crippen LogP contribution in [0.4, 0.5) is 5.95 Å². The standard InChI is InChI=1S/C20H28N6O3S/c1-4-20(7-5-8-20)18-14(10-21)13(2)16-11-22-19(24-26(16)18)23-15-6-9-25(12-17(15)27)30(3,28)29/h11,15,17,27H,4-9,12H2,1-3H3,(H,23,24)/t15-,17+/m1/s1. The third-order valence-corrected chi connectivity index (χ3v) is 8.14. The fourth-order valence-electron chi connectivity index (χ4n) is 4.78. The Labute approximate surface area is 176 Å². The number of nitrogens with zero attached hydrogens (tertiary/aromatic N) is 5. The number of nitriles is 1. The van der Waals surface area contributed by atoms with Crippen molar-refractivity contribution >= 4 is 21.5 Å². The van der Waals surface area contributed by atoms with Gasteiger partial charge in [0.05, 0.1) is 41.4 Å². The van der Waals surface area contributed by atoms with Gasteiger partial charge in [-0.3, -0.25) is 0 Å². The zero-order valence-electron chi connectivity index (χ0n) is 17.6. The lowest BCUT2D eigenvalue weighted by atomic mass is 9.64. The summed E-state index contributed by atoms with van der Waals surface area (Å²) in [6, 6.07) is 2.03. The lowest BCUT2D eigenvalue weighted by Gasteiger charge is -2.41. The SMILES string of the molecule is CCC1(c2c(C#N)c(C)c3cnc(N[C@@H]4CCN(S(C)(=O)=O)C[C@@H]4O)nn23)CCC1. The average Bonchev–Trinajstić information content (AvgIpc) is 2.94. The number of piperidine rings is 1. The summed E-state index contributed by atoms with van der Waals surface area (Å²) in [7, 11) is -3.33. The second-order valence-electron chi connectivity index (χ2n) is 8.55. The van der Waals surface area contributed by atoms with Crippen molar-refractivity contribution in [3.05, 3.63) is 23.0 Å². The summed E-state index contributed by atoms with van der Waals surface area (Å²) >= 11 is 0. The molecule has 0 spiro atoms. The Morgan fingerprint density at radius 3 is 2.70 bits per heavy atom. The highest BCUT2D eigenvalue weighted by Crippen LogP contribution is 2.48. The molecule has 10 heteroatoms. The number of hydrogen-bond acceptors (Lipinski definition) is 7. The number of fused-ring (bicyclic) bond motifs is 1. The van der Waals surface area contributed by atoms with E-state index in [0.29, 0.717) is 24.5 Å². The number of aliphatic hydroxyl groups excluding tert-OH is 1. The molecular formula is C20H28N6O3S. The minimum absolute atomic E-state index is 0.0335. The van der Waals surface area contributed by atoms with Crippen LogP contribution >= 0.6 is 0 Å². The van der Waals surface area contributed by atoms with Gasteiger partial charge in [0.1, 0.15) is 6.07 Å². The van der Waals surface area contributed by atoms with Gasteiger partial charge in [0.2, 0.25) is 16.0 Å². The highest BCUT2D eigenvalue weighted by atomic mass is 32.2. The summed E-state index contributed by atoms with van der Waals surface area (Å²) < 4.78 is 26.6. The van der Waals surface area contributed by atoms with E-state index in [2.05, 4.69) is 23.3 Å². The van der Waals surface area contributed by atoms with Crippen LogP contribution in [0.15, 0.2) is 6.20 Å². The third-order valence-electron chi connectivity index (χ3n) is 6.87. The van der Waals surface area contributed by atoms with Gasteiger partial charge in [-0.2, -0.15) is 9.57 Å². The zero-order chi connectivity index (χ0) is 21.7. The number of β-amino-alcohol motifs (C(OH)–C–C–N with tert-alkyl or cyclic N) is 1. The number of hydrogen-bond donors (Lipinski definition) is 2. The zero-order valence-corrected chi connectivity index (χ0v) is 18.4. The summed E-state index contributed by atoms with van der Waals surface area (Å²) in [4.78, 5) is 4.41. The molecule has 1 aliphatic carbocycles. The van der Waals surface area contributed by atoms with Gasteiger partial charge in [0, 0.05) is 18.5 Å². The molecule has 2 fully saturated rings. The van der Waals surface area contributed by atoms with Crippen LogP contribution in [0, 0.1) is 18.3 Å². The van der Waals surface area contributed by atoms with E-state index in [1.165, 1.54) is 4.31 Å². The molecule has 2 N–H and O–H groups in total. The first-order valence-electron chi connectivity index (χ1n) is 10.4. The van der Waals surface area contributed by atoms with E-state index in [1.807, 2.05) is 11.4 Å². The maximum absolute atomic E-state index is 11.7. The number of aromatic nitrogens is 3. The van der Waals surface area contributed by atoms with Crippen molar-refractivity contribution in [2.24, 2.45) is 0 Å². The van der Waals surface area contributed by atoms with Gasteiger partial charge in [-0.05, 0) is 38.2 Å². The Bertz CT molecular complexity index is 1110. The van der Waals surface area contributed by atoms with Gasteiger partial charge in [-0.15, -0.1) is 5.10 Å². The van der Waals surface area contributed by atoms with Crippen LogP contribution in [0.5, 0.6) is 0 Å². The van der Waals surface area contributed by atoms with Crippen LogP contribution in [0.25, 0.3) is 5.52 Å². The quantitative estimate of drug-likeness (QED) is 0.734. The van der Waals surface area contributed by atoms with Gasteiger partial charge in [0.25, 0.3) is 0 Å². The molecule has 1 saturated carbocycles. The van der Waals surface area contributed by atoms with Crippen molar-refractivity contribution in [2.45, 2.75) is 63.5 Å². The first-order chi connectivity index (χ1) is 14.2. The molecule has 4 rings (SSSR count). The van der Waals surface area contributed by atoms with Gasteiger partial charge in [-0.25, -0.2) is 17.9 Å². The number of aliphatic hydroxyl groups is 1. The number of sulfonamides is 1. The van der Waals surface area contributed by atoms with E-state index in [4.69, 9.17) is 5.10 Å². The normalized spacial score (nSPS) is 24.4. The summed E-state index contributed by atoms with van der Waals surface area (Å²) in [6.45, 7) is 4.47. The maximum atomic E-state index is 11.7. The van der Waals surface area contributed by atoms with Crippen molar-refractivity contribution in [3.8, 4) is 6.07 Å². The number of nitrogens with one attached hydrogen (secondary N) is 1. The minimum Gasteiger partial charge on any atom is -0.390 e. The average molecular weight is 433 g/mol. The van der Waals surface area contributed by atoms with E-state index >= 15 is 0 Å². The largest absolute Gasteiger partial charge is 0.390 e. The van der Waals surface area contributed by atoms with Crippen LogP contribution < -0.4 is 5.32 Å². The van der Waals surface area contributed by atoms with Crippen molar-refractivity contribution in [1.29, 1.82) is 5.26 Å². The third kappa shape index (κ3) is 3.35. The highest BCUT2D eigenvalue weighted by molar-refractivity contribution is 7.88. The van der Waals surface area contributed by atoms with Crippen molar-refractivity contribution in [2.75, 3.05) is 24.7 Å². The summed E-state index contributed by atoms with van der Waals surface area (Å²) in [5, 5.41) is 28.2. The molecule has 30 heavy (non-hydrogen) atoms. The molecule has 0 aromatic carbocycles. The summed E-state index contributed by atoms with van der Waals surface area (Å²) in [5.74, 6) is 0.366. The molecule has 1 aliphatic heterocycles. The highest BCUT2D eigenvalue weighted by Gasteiger charge is 2.42. The second-order valence-corrected chi connectivity index (χ2v) is 10.5. The molecule has 3 heterocycles. The summed E-state index contributed by atoms with van der Waals surface area (Å²) in [5.41, 5.74) is 3.32. The molecule has 0 unspecified atom stereocenters. The van der Waals surface area contributed by atoms with Gasteiger partial charge in [0.15, 0.2) is 0 Å². The Morgan fingerprint density at radius 1 is 1.43 bits per heavy atom. The van der Waals surface area contributed by atoms with Gasteiger partial charge < -0.3 is 10.4 Å². The molecule has 0 amide bonds. The second kappa shape index (κ2) is 7.48. The predicted octanol–water partition coefficient (Wildman–Crippen LogP) is 1.55. The molecule has 2 aromatic heterocycles. The number of anilines is 1. The van der Waals surface area contributed by atoms with E-state index in [-0.39, 0.29) is 18.0 Å². The molecule has 2 aliphatic rings. The number of aryl methyl sites for hydroxylation is 1. The lowest BCUT2D eigenvalue weighted by Crippen LogP contribution is -2.51. The Morgan fingerprint density at radius 2 is 2.17 bits per heavy atom. The molecule has 2 atom stereocenters. The van der Waals surface area contributed by atoms with Crippen LogP contribution in [0.1, 0.15) is 55.8 Å². The fraction of sp³-hybridized carbons (Fsp3) is 0.650. The molecule has 0 bridgehead atoms. The predicted molar refractivity (Wildman–Crippen MR) is 113 cm³/mol. The molecule has 1 saturated heterocycles. The topological polar surface area (TPSA) is 124 Å². The smallest absolute Gasteiger partial charge is 0.241 e. The summed E-state index contributed by atoms with van der Waals surface area (Å²) in [6.07, 6.45) is 6.64.